The normalized spacial score (nSPS) is 15.4. The molecule has 0 amide bonds. The number of allylic oxidation sites excluding steroid dienone is 1. The predicted octanol–water partition coefficient (Wildman–Crippen LogP) is 7.02. The van der Waals surface area contributed by atoms with E-state index in [2.05, 4.69) is 61.9 Å². The fourth-order valence-electron chi connectivity index (χ4n) is 3.73. The number of ether oxygens (including phenoxy) is 1. The third-order valence-electron chi connectivity index (χ3n) is 5.48. The number of anilines is 1. The van der Waals surface area contributed by atoms with E-state index in [1.807, 2.05) is 24.3 Å². The summed E-state index contributed by atoms with van der Waals surface area (Å²) < 4.78 is 40.6. The standard InChI is InChI=1S/C29H27F3N6OS/c1-20(2)17-23-5-3-4-6-26(23)38-15-16-40-28(38)37-36-18-21-7-9-22(10-8-21)27(33)35-19-34-24-11-13-25(14-12-24)39-29(30,31)32/h3-14,17-19H,15-16H2,1-2H3,(H2,33,34,35)/b36-18-,37-28+. The van der Waals surface area contributed by atoms with Crippen molar-refractivity contribution in [1.82, 2.24) is 0 Å². The summed E-state index contributed by atoms with van der Waals surface area (Å²) in [5.41, 5.74) is 11.5. The van der Waals surface area contributed by atoms with Crippen molar-refractivity contribution in [2.75, 3.05) is 17.2 Å². The fourth-order valence-corrected chi connectivity index (χ4v) is 4.63. The summed E-state index contributed by atoms with van der Waals surface area (Å²) in [6, 6.07) is 20.7. The van der Waals surface area contributed by atoms with E-state index in [1.54, 1.807) is 30.1 Å². The summed E-state index contributed by atoms with van der Waals surface area (Å²) in [5.74, 6) is 0.845. The number of para-hydroxylation sites is 1. The zero-order valence-electron chi connectivity index (χ0n) is 21.8. The molecule has 4 rings (SSSR count). The summed E-state index contributed by atoms with van der Waals surface area (Å²) in [7, 11) is 0. The zero-order chi connectivity index (χ0) is 28.5. The highest BCUT2D eigenvalue weighted by molar-refractivity contribution is 8.14. The Morgan fingerprint density at radius 3 is 2.42 bits per heavy atom. The Morgan fingerprint density at radius 1 is 1.00 bits per heavy atom. The molecular weight excluding hydrogens is 537 g/mol. The summed E-state index contributed by atoms with van der Waals surface area (Å²) >= 11 is 1.67. The lowest BCUT2D eigenvalue weighted by Gasteiger charge is -2.19. The quantitative estimate of drug-likeness (QED) is 0.181. The first-order valence-corrected chi connectivity index (χ1v) is 13.2. The van der Waals surface area contributed by atoms with Gasteiger partial charge in [0.2, 0.25) is 0 Å². The molecule has 0 bridgehead atoms. The van der Waals surface area contributed by atoms with E-state index in [0.717, 1.165) is 34.3 Å². The van der Waals surface area contributed by atoms with Crippen molar-refractivity contribution >= 4 is 52.8 Å². The van der Waals surface area contributed by atoms with Gasteiger partial charge in [0.25, 0.3) is 0 Å². The molecule has 1 aliphatic rings. The molecule has 11 heteroatoms. The summed E-state index contributed by atoms with van der Waals surface area (Å²) in [5, 5.41) is 9.62. The van der Waals surface area contributed by atoms with Crippen LogP contribution in [0.5, 0.6) is 5.75 Å². The minimum absolute atomic E-state index is 0.234. The molecule has 7 nitrogen and oxygen atoms in total. The second kappa shape index (κ2) is 13.1. The number of benzene rings is 3. The largest absolute Gasteiger partial charge is 0.573 e. The Morgan fingerprint density at radius 2 is 1.73 bits per heavy atom. The van der Waals surface area contributed by atoms with Gasteiger partial charge in [0.1, 0.15) is 17.9 Å². The first kappa shape index (κ1) is 28.6. The molecule has 1 aliphatic heterocycles. The molecule has 0 saturated carbocycles. The van der Waals surface area contributed by atoms with Gasteiger partial charge in [-0.1, -0.05) is 65.9 Å². The lowest BCUT2D eigenvalue weighted by molar-refractivity contribution is -0.274. The van der Waals surface area contributed by atoms with Gasteiger partial charge < -0.3 is 15.4 Å². The first-order chi connectivity index (χ1) is 19.2. The van der Waals surface area contributed by atoms with E-state index in [9.17, 15) is 13.2 Å². The number of halogens is 3. The van der Waals surface area contributed by atoms with Crippen molar-refractivity contribution in [3.05, 3.63) is 95.1 Å². The molecule has 0 spiro atoms. The average molecular weight is 565 g/mol. The number of amidine groups is 2. The minimum atomic E-state index is -4.74. The van der Waals surface area contributed by atoms with Crippen molar-refractivity contribution in [3.8, 4) is 5.75 Å². The van der Waals surface area contributed by atoms with Gasteiger partial charge in [0.15, 0.2) is 5.17 Å². The second-order valence-corrected chi connectivity index (χ2v) is 9.89. The number of nitrogens with two attached hydrogens (primary N) is 1. The Balaban J connectivity index is 1.38. The molecule has 1 heterocycles. The van der Waals surface area contributed by atoms with Gasteiger partial charge in [-0.2, -0.15) is 5.10 Å². The van der Waals surface area contributed by atoms with Crippen LogP contribution in [0, 0.1) is 0 Å². The maximum atomic E-state index is 12.3. The van der Waals surface area contributed by atoms with Gasteiger partial charge in [-0.15, -0.1) is 18.3 Å². The monoisotopic (exact) mass is 564 g/mol. The van der Waals surface area contributed by atoms with E-state index in [4.69, 9.17) is 5.73 Å². The molecule has 3 aromatic carbocycles. The number of nitrogens with zero attached hydrogens (tertiary/aromatic N) is 5. The van der Waals surface area contributed by atoms with Crippen molar-refractivity contribution in [3.63, 3.8) is 0 Å². The number of hydrogen-bond donors (Lipinski definition) is 1. The SMILES string of the molecule is CC(C)=Cc1ccccc1N1CCS/C1=N/N=C\c1ccc(C(N)=NC=Nc2ccc(OC(F)(F)F)cc2)cc1. The number of thioether (sulfide) groups is 1. The van der Waals surface area contributed by atoms with E-state index in [1.165, 1.54) is 36.2 Å². The molecule has 0 unspecified atom stereocenters. The van der Waals surface area contributed by atoms with Gasteiger partial charge in [0.05, 0.1) is 17.6 Å². The highest BCUT2D eigenvalue weighted by atomic mass is 32.2. The maximum absolute atomic E-state index is 12.3. The van der Waals surface area contributed by atoms with Crippen LogP contribution in [-0.2, 0) is 0 Å². The second-order valence-electron chi connectivity index (χ2n) is 8.83. The van der Waals surface area contributed by atoms with Crippen molar-refractivity contribution in [2.45, 2.75) is 20.2 Å². The smallest absolute Gasteiger partial charge is 0.406 e. The van der Waals surface area contributed by atoms with Crippen LogP contribution in [0.3, 0.4) is 0 Å². The number of alkyl halides is 3. The van der Waals surface area contributed by atoms with Gasteiger partial charge in [-0.25, -0.2) is 9.98 Å². The molecule has 206 valence electrons. The highest BCUT2D eigenvalue weighted by Gasteiger charge is 2.31. The van der Waals surface area contributed by atoms with Gasteiger partial charge in [-0.3, -0.25) is 0 Å². The van der Waals surface area contributed by atoms with E-state index in [0.29, 0.717) is 11.3 Å². The fraction of sp³-hybridized carbons (Fsp3) is 0.172. The average Bonchev–Trinajstić information content (AvgIpc) is 3.37. The number of aliphatic imine (C=N–C) groups is 2. The molecule has 1 saturated heterocycles. The molecule has 0 atom stereocenters. The van der Waals surface area contributed by atoms with Crippen molar-refractivity contribution in [2.24, 2.45) is 25.9 Å². The minimum Gasteiger partial charge on any atom is -0.406 e. The molecule has 40 heavy (non-hydrogen) atoms. The predicted molar refractivity (Wildman–Crippen MR) is 159 cm³/mol. The molecule has 0 aliphatic carbocycles. The van der Waals surface area contributed by atoms with Gasteiger partial charge in [0, 0.05) is 17.9 Å². The molecule has 3 aromatic rings. The highest BCUT2D eigenvalue weighted by Crippen LogP contribution is 2.30. The Labute approximate surface area is 234 Å². The third-order valence-corrected chi connectivity index (χ3v) is 6.43. The van der Waals surface area contributed by atoms with Crippen LogP contribution in [0.4, 0.5) is 24.5 Å². The van der Waals surface area contributed by atoms with Crippen LogP contribution in [0.15, 0.2) is 98.6 Å². The first-order valence-electron chi connectivity index (χ1n) is 12.3. The molecule has 0 radical (unpaired) electrons. The van der Waals surface area contributed by atoms with E-state index < -0.39 is 6.36 Å². The topological polar surface area (TPSA) is 87.9 Å². The zero-order valence-corrected chi connectivity index (χ0v) is 22.7. The van der Waals surface area contributed by atoms with Crippen LogP contribution in [0.2, 0.25) is 0 Å². The third kappa shape index (κ3) is 8.31. The van der Waals surface area contributed by atoms with Crippen molar-refractivity contribution in [1.29, 1.82) is 0 Å². The number of hydrogen-bond acceptors (Lipinski definition) is 5. The summed E-state index contributed by atoms with van der Waals surface area (Å²) in [6.07, 6.45) is 0.334. The Bertz CT molecular complexity index is 1460. The molecular formula is C29H27F3N6OS. The summed E-state index contributed by atoms with van der Waals surface area (Å²) in [6.45, 7) is 5.02. The van der Waals surface area contributed by atoms with Crippen LogP contribution in [0.1, 0.15) is 30.5 Å². The molecule has 0 aromatic heterocycles. The van der Waals surface area contributed by atoms with Crippen molar-refractivity contribution < 1.29 is 17.9 Å². The van der Waals surface area contributed by atoms with Crippen LogP contribution in [0.25, 0.3) is 6.08 Å². The Hall–Kier alpha value is -4.38. The molecule has 2 N–H and O–H groups in total. The van der Waals surface area contributed by atoms with Crippen LogP contribution >= 0.6 is 11.8 Å². The van der Waals surface area contributed by atoms with Crippen LogP contribution in [-0.4, -0.2) is 42.2 Å². The van der Waals surface area contributed by atoms with Gasteiger partial charge in [-0.05, 0) is 55.3 Å². The van der Waals surface area contributed by atoms with E-state index in [-0.39, 0.29) is 11.6 Å². The Kier molecular flexibility index (Phi) is 9.39. The lowest BCUT2D eigenvalue weighted by Crippen LogP contribution is -2.24. The summed E-state index contributed by atoms with van der Waals surface area (Å²) in [4.78, 5) is 10.4. The molecule has 1 fully saturated rings. The number of rotatable bonds is 8. The van der Waals surface area contributed by atoms with E-state index >= 15 is 0 Å². The van der Waals surface area contributed by atoms with Gasteiger partial charge >= 0.3 is 6.36 Å². The van der Waals surface area contributed by atoms with Crippen LogP contribution < -0.4 is 15.4 Å². The maximum Gasteiger partial charge on any atom is 0.573 e. The lowest BCUT2D eigenvalue weighted by atomic mass is 10.1.